The Balaban J connectivity index is 1.98. The zero-order valence-corrected chi connectivity index (χ0v) is 15.7. The van der Waals surface area contributed by atoms with Crippen molar-refractivity contribution >= 4 is 29.4 Å². The van der Waals surface area contributed by atoms with Crippen molar-refractivity contribution in [2.75, 3.05) is 13.7 Å². The van der Waals surface area contributed by atoms with Gasteiger partial charge in [0, 0.05) is 6.54 Å². The van der Waals surface area contributed by atoms with Crippen molar-refractivity contribution in [1.82, 2.24) is 5.32 Å². The number of methoxy groups -OCH3 is 1. The highest BCUT2D eigenvalue weighted by Crippen LogP contribution is 2.26. The second-order valence-corrected chi connectivity index (χ2v) is 6.26. The van der Waals surface area contributed by atoms with Gasteiger partial charge in [0.1, 0.15) is 5.75 Å². The van der Waals surface area contributed by atoms with E-state index in [4.69, 9.17) is 16.3 Å². The fraction of sp³-hybridized carbons (Fsp3) is 0.238. The molecule has 136 valence electrons. The van der Waals surface area contributed by atoms with E-state index < -0.39 is 0 Å². The first kappa shape index (κ1) is 19.7. The van der Waals surface area contributed by atoms with E-state index in [-0.39, 0.29) is 17.3 Å². The van der Waals surface area contributed by atoms with Gasteiger partial charge in [0.25, 0.3) is 5.91 Å². The van der Waals surface area contributed by atoms with Gasteiger partial charge in [0.2, 0.25) is 0 Å². The molecule has 2 rings (SSSR count). The summed E-state index contributed by atoms with van der Waals surface area (Å²) >= 11 is 6.09. The second-order valence-electron chi connectivity index (χ2n) is 5.85. The van der Waals surface area contributed by atoms with Gasteiger partial charge >= 0.3 is 0 Å². The van der Waals surface area contributed by atoms with Crippen molar-refractivity contribution in [3.63, 3.8) is 0 Å². The van der Waals surface area contributed by atoms with Crippen LogP contribution in [0, 0.1) is 0 Å². The van der Waals surface area contributed by atoms with E-state index in [2.05, 4.69) is 17.4 Å². The number of hydrogen-bond donors (Lipinski definition) is 1. The lowest BCUT2D eigenvalue weighted by Gasteiger charge is -2.08. The van der Waals surface area contributed by atoms with Gasteiger partial charge in [0.15, 0.2) is 5.78 Å². The standard InChI is InChI=1S/C21H22ClNO3/c1-15(24)18(13-17-10-11-20(26-2)19(22)14-17)21(25)23-12-6-9-16-7-4-3-5-8-16/h3-5,7-8,10-11,13-14H,6,9,12H2,1-2H3,(H,23,25). The average molecular weight is 372 g/mol. The number of Topliss-reactive ketones (excluding diaryl/α,β-unsaturated/α-hetero) is 1. The van der Waals surface area contributed by atoms with E-state index in [1.165, 1.54) is 19.6 Å². The van der Waals surface area contributed by atoms with Crippen molar-refractivity contribution < 1.29 is 14.3 Å². The van der Waals surface area contributed by atoms with Crippen LogP contribution in [0.3, 0.4) is 0 Å². The fourth-order valence-corrected chi connectivity index (χ4v) is 2.77. The highest BCUT2D eigenvalue weighted by atomic mass is 35.5. The first-order chi connectivity index (χ1) is 12.5. The Kier molecular flexibility index (Phi) is 7.42. The van der Waals surface area contributed by atoms with Gasteiger partial charge in [-0.1, -0.05) is 48.0 Å². The minimum Gasteiger partial charge on any atom is -0.495 e. The molecule has 0 fully saturated rings. The van der Waals surface area contributed by atoms with Crippen LogP contribution in [0.1, 0.15) is 24.5 Å². The van der Waals surface area contributed by atoms with Crippen LogP contribution in [0.4, 0.5) is 0 Å². The monoisotopic (exact) mass is 371 g/mol. The summed E-state index contributed by atoms with van der Waals surface area (Å²) in [5.41, 5.74) is 1.99. The predicted molar refractivity (Wildman–Crippen MR) is 104 cm³/mol. The Morgan fingerprint density at radius 3 is 2.50 bits per heavy atom. The van der Waals surface area contributed by atoms with Crippen LogP contribution in [0.2, 0.25) is 5.02 Å². The molecule has 0 saturated heterocycles. The summed E-state index contributed by atoms with van der Waals surface area (Å²) in [7, 11) is 1.53. The van der Waals surface area contributed by atoms with Crippen LogP contribution in [0.25, 0.3) is 6.08 Å². The Labute approximate surface area is 158 Å². The zero-order chi connectivity index (χ0) is 18.9. The zero-order valence-electron chi connectivity index (χ0n) is 14.9. The number of nitrogens with one attached hydrogen (secondary N) is 1. The van der Waals surface area contributed by atoms with E-state index in [1.54, 1.807) is 24.3 Å². The molecule has 0 aliphatic rings. The van der Waals surface area contributed by atoms with Gasteiger partial charge in [-0.25, -0.2) is 0 Å². The Morgan fingerprint density at radius 1 is 1.15 bits per heavy atom. The molecule has 0 aliphatic heterocycles. The molecule has 0 unspecified atom stereocenters. The number of ether oxygens (including phenoxy) is 1. The summed E-state index contributed by atoms with van der Waals surface area (Å²) in [6.45, 7) is 1.88. The number of aryl methyl sites for hydroxylation is 1. The summed E-state index contributed by atoms with van der Waals surface area (Å²) < 4.78 is 5.10. The smallest absolute Gasteiger partial charge is 0.254 e. The van der Waals surface area contributed by atoms with E-state index >= 15 is 0 Å². The summed E-state index contributed by atoms with van der Waals surface area (Å²) in [6.07, 6.45) is 3.21. The molecule has 0 bridgehead atoms. The SMILES string of the molecule is COc1ccc(C=C(C(C)=O)C(=O)NCCCc2ccccc2)cc1Cl. The van der Waals surface area contributed by atoms with Gasteiger partial charge in [-0.2, -0.15) is 0 Å². The molecule has 4 nitrogen and oxygen atoms in total. The topological polar surface area (TPSA) is 55.4 Å². The normalized spacial score (nSPS) is 11.1. The van der Waals surface area contributed by atoms with E-state index in [1.807, 2.05) is 18.2 Å². The molecule has 0 aliphatic carbocycles. The molecule has 2 aromatic carbocycles. The summed E-state index contributed by atoms with van der Waals surface area (Å²) in [5.74, 6) is -0.131. The van der Waals surface area contributed by atoms with E-state index in [9.17, 15) is 9.59 Å². The quantitative estimate of drug-likeness (QED) is 0.329. The third kappa shape index (κ3) is 5.74. The minimum absolute atomic E-state index is 0.103. The van der Waals surface area contributed by atoms with Crippen LogP contribution in [0.5, 0.6) is 5.75 Å². The maximum Gasteiger partial charge on any atom is 0.254 e. The predicted octanol–water partition coefficient (Wildman–Crippen LogP) is 4.07. The van der Waals surface area contributed by atoms with Crippen molar-refractivity contribution in [2.24, 2.45) is 0 Å². The minimum atomic E-state index is -0.377. The number of halogens is 1. The molecular formula is C21H22ClNO3. The number of benzene rings is 2. The van der Waals surface area contributed by atoms with Gasteiger partial charge in [-0.3, -0.25) is 9.59 Å². The van der Waals surface area contributed by atoms with Crippen molar-refractivity contribution in [1.29, 1.82) is 0 Å². The average Bonchev–Trinajstić information content (AvgIpc) is 2.64. The third-order valence-corrected chi connectivity index (χ3v) is 4.18. The van der Waals surface area contributed by atoms with Gasteiger partial charge in [-0.15, -0.1) is 0 Å². The number of rotatable bonds is 8. The van der Waals surface area contributed by atoms with Crippen molar-refractivity contribution in [3.05, 3.63) is 70.3 Å². The van der Waals surface area contributed by atoms with Gasteiger partial charge < -0.3 is 10.1 Å². The van der Waals surface area contributed by atoms with Gasteiger partial charge in [-0.05, 0) is 49.1 Å². The van der Waals surface area contributed by atoms with E-state index in [0.29, 0.717) is 22.9 Å². The molecule has 0 aromatic heterocycles. The molecule has 1 N–H and O–H groups in total. The summed E-state index contributed by atoms with van der Waals surface area (Å²) in [6, 6.07) is 15.2. The molecule has 26 heavy (non-hydrogen) atoms. The Hall–Kier alpha value is -2.59. The van der Waals surface area contributed by atoms with E-state index in [0.717, 1.165) is 12.8 Å². The lowest BCUT2D eigenvalue weighted by Crippen LogP contribution is -2.28. The van der Waals surface area contributed by atoms with Crippen molar-refractivity contribution in [2.45, 2.75) is 19.8 Å². The third-order valence-electron chi connectivity index (χ3n) is 3.88. The molecule has 2 aromatic rings. The highest BCUT2D eigenvalue weighted by Gasteiger charge is 2.14. The van der Waals surface area contributed by atoms with Crippen LogP contribution in [0.15, 0.2) is 54.1 Å². The second kappa shape index (κ2) is 9.78. The largest absolute Gasteiger partial charge is 0.495 e. The van der Waals surface area contributed by atoms with Crippen molar-refractivity contribution in [3.8, 4) is 5.75 Å². The van der Waals surface area contributed by atoms with Crippen LogP contribution in [-0.4, -0.2) is 25.3 Å². The molecule has 0 heterocycles. The number of carbonyl (C=O) groups is 2. The number of amides is 1. The maximum absolute atomic E-state index is 12.4. The highest BCUT2D eigenvalue weighted by molar-refractivity contribution is 6.32. The number of carbonyl (C=O) groups excluding carboxylic acids is 2. The number of hydrogen-bond acceptors (Lipinski definition) is 3. The lowest BCUT2D eigenvalue weighted by atomic mass is 10.1. The molecule has 1 amide bonds. The van der Waals surface area contributed by atoms with Crippen LogP contribution in [-0.2, 0) is 16.0 Å². The molecule has 0 saturated carbocycles. The molecule has 5 heteroatoms. The number of ketones is 1. The summed E-state index contributed by atoms with van der Waals surface area (Å²) in [4.78, 5) is 24.2. The lowest BCUT2D eigenvalue weighted by molar-refractivity contribution is -0.121. The molecule has 0 radical (unpaired) electrons. The Bertz CT molecular complexity index is 800. The van der Waals surface area contributed by atoms with Gasteiger partial charge in [0.05, 0.1) is 17.7 Å². The molecule has 0 spiro atoms. The first-order valence-electron chi connectivity index (χ1n) is 8.39. The van der Waals surface area contributed by atoms with Crippen LogP contribution < -0.4 is 10.1 Å². The van der Waals surface area contributed by atoms with Crippen LogP contribution >= 0.6 is 11.6 Å². The fourth-order valence-electron chi connectivity index (χ4n) is 2.50. The molecule has 0 atom stereocenters. The maximum atomic E-state index is 12.4. The Morgan fingerprint density at radius 2 is 1.88 bits per heavy atom. The molecular weight excluding hydrogens is 350 g/mol. The first-order valence-corrected chi connectivity index (χ1v) is 8.77. The summed E-state index contributed by atoms with van der Waals surface area (Å²) in [5, 5.41) is 3.23.